The van der Waals surface area contributed by atoms with Gasteiger partial charge >= 0.3 is 0 Å². The molecule has 1 saturated carbocycles. The molecule has 0 heterocycles. The Morgan fingerprint density at radius 2 is 1.81 bits per heavy atom. The van der Waals surface area contributed by atoms with Gasteiger partial charge in [0.15, 0.2) is 11.5 Å². The Labute approximate surface area is 183 Å². The van der Waals surface area contributed by atoms with Gasteiger partial charge in [-0.25, -0.2) is 0 Å². The Morgan fingerprint density at radius 1 is 1.03 bits per heavy atom. The highest BCUT2D eigenvalue weighted by Crippen LogP contribution is 2.33. The molecule has 0 aromatic heterocycles. The molecule has 0 spiro atoms. The Bertz CT molecular complexity index is 949. The standard InChI is InChI=1S/C25H29NO5/c1-5-14-31-22-12-6-18(15-24(22)30-4)7-13-25(27)26(20-9-10-20)17-19-8-11-21(28-2)16-23(19)29-3/h5-8,11-13,15-16,20H,1,9-10,14,17H2,2-4H3. The van der Waals surface area contributed by atoms with Gasteiger partial charge in [0, 0.05) is 30.3 Å². The second-order valence-corrected chi connectivity index (χ2v) is 7.22. The van der Waals surface area contributed by atoms with E-state index in [1.165, 1.54) is 0 Å². The van der Waals surface area contributed by atoms with Crippen molar-refractivity contribution in [3.8, 4) is 23.0 Å². The van der Waals surface area contributed by atoms with Gasteiger partial charge in [0.25, 0.3) is 0 Å². The number of amides is 1. The van der Waals surface area contributed by atoms with Gasteiger partial charge in [0.1, 0.15) is 18.1 Å². The molecule has 0 unspecified atom stereocenters. The number of rotatable bonds is 11. The average molecular weight is 424 g/mol. The average Bonchev–Trinajstić information content (AvgIpc) is 3.65. The zero-order valence-corrected chi connectivity index (χ0v) is 18.3. The molecule has 164 valence electrons. The van der Waals surface area contributed by atoms with E-state index < -0.39 is 0 Å². The zero-order valence-electron chi connectivity index (χ0n) is 18.3. The Hall–Kier alpha value is -3.41. The molecule has 1 aliphatic rings. The number of hydrogen-bond acceptors (Lipinski definition) is 5. The van der Waals surface area contributed by atoms with Gasteiger partial charge in [-0.1, -0.05) is 18.7 Å². The van der Waals surface area contributed by atoms with Crippen molar-refractivity contribution in [3.63, 3.8) is 0 Å². The van der Waals surface area contributed by atoms with Crippen molar-refractivity contribution in [1.29, 1.82) is 0 Å². The lowest BCUT2D eigenvalue weighted by atomic mass is 10.1. The summed E-state index contributed by atoms with van der Waals surface area (Å²) in [5, 5.41) is 0. The number of hydrogen-bond donors (Lipinski definition) is 0. The second-order valence-electron chi connectivity index (χ2n) is 7.22. The highest BCUT2D eigenvalue weighted by Gasteiger charge is 2.32. The van der Waals surface area contributed by atoms with Crippen molar-refractivity contribution in [3.05, 3.63) is 66.3 Å². The molecule has 2 aromatic carbocycles. The van der Waals surface area contributed by atoms with E-state index in [4.69, 9.17) is 18.9 Å². The Balaban J connectivity index is 1.74. The van der Waals surface area contributed by atoms with Crippen molar-refractivity contribution in [2.24, 2.45) is 0 Å². The molecule has 6 heteroatoms. The largest absolute Gasteiger partial charge is 0.497 e. The number of nitrogens with zero attached hydrogens (tertiary/aromatic N) is 1. The van der Waals surface area contributed by atoms with Crippen LogP contribution in [0.2, 0.25) is 0 Å². The maximum Gasteiger partial charge on any atom is 0.247 e. The van der Waals surface area contributed by atoms with Gasteiger partial charge in [-0.2, -0.15) is 0 Å². The summed E-state index contributed by atoms with van der Waals surface area (Å²) in [5.74, 6) is 2.64. The predicted molar refractivity (Wildman–Crippen MR) is 121 cm³/mol. The maximum atomic E-state index is 13.0. The van der Waals surface area contributed by atoms with Crippen LogP contribution in [0, 0.1) is 0 Å². The van der Waals surface area contributed by atoms with Gasteiger partial charge in [0.05, 0.1) is 21.3 Å². The summed E-state index contributed by atoms with van der Waals surface area (Å²) >= 11 is 0. The predicted octanol–water partition coefficient (Wildman–Crippen LogP) is 4.48. The monoisotopic (exact) mass is 423 g/mol. The van der Waals surface area contributed by atoms with Gasteiger partial charge in [-0.05, 0) is 48.7 Å². The maximum absolute atomic E-state index is 13.0. The van der Waals surface area contributed by atoms with E-state index in [2.05, 4.69) is 6.58 Å². The highest BCUT2D eigenvalue weighted by atomic mass is 16.5. The fraction of sp³-hybridized carbons (Fsp3) is 0.320. The van der Waals surface area contributed by atoms with Crippen molar-refractivity contribution >= 4 is 12.0 Å². The third-order valence-electron chi connectivity index (χ3n) is 5.07. The first-order valence-corrected chi connectivity index (χ1v) is 10.2. The van der Waals surface area contributed by atoms with Gasteiger partial charge < -0.3 is 23.8 Å². The molecule has 6 nitrogen and oxygen atoms in total. The van der Waals surface area contributed by atoms with E-state index in [0.29, 0.717) is 30.4 Å². The first-order chi connectivity index (χ1) is 15.1. The molecular weight excluding hydrogens is 394 g/mol. The number of carbonyl (C=O) groups excluding carboxylic acids is 1. The Morgan fingerprint density at radius 3 is 2.45 bits per heavy atom. The van der Waals surface area contributed by atoms with Gasteiger partial charge in [-0.3, -0.25) is 4.79 Å². The fourth-order valence-electron chi connectivity index (χ4n) is 3.26. The van der Waals surface area contributed by atoms with Crippen LogP contribution in [-0.2, 0) is 11.3 Å². The van der Waals surface area contributed by atoms with Gasteiger partial charge in [0.2, 0.25) is 5.91 Å². The van der Waals surface area contributed by atoms with E-state index in [1.807, 2.05) is 41.3 Å². The minimum absolute atomic E-state index is 0.0358. The third kappa shape index (κ3) is 5.81. The van der Waals surface area contributed by atoms with Crippen LogP contribution >= 0.6 is 0 Å². The summed E-state index contributed by atoms with van der Waals surface area (Å²) in [6.07, 6.45) is 7.11. The second kappa shape index (κ2) is 10.6. The van der Waals surface area contributed by atoms with Crippen LogP contribution in [-0.4, -0.2) is 44.8 Å². The van der Waals surface area contributed by atoms with Crippen molar-refractivity contribution in [2.75, 3.05) is 27.9 Å². The molecule has 1 fully saturated rings. The molecule has 2 aromatic rings. The van der Waals surface area contributed by atoms with Crippen LogP contribution in [0.25, 0.3) is 6.08 Å². The molecule has 3 rings (SSSR count). The first-order valence-electron chi connectivity index (χ1n) is 10.2. The highest BCUT2D eigenvalue weighted by molar-refractivity contribution is 5.92. The topological polar surface area (TPSA) is 57.2 Å². The summed E-state index contributed by atoms with van der Waals surface area (Å²) in [6, 6.07) is 11.5. The van der Waals surface area contributed by atoms with Crippen LogP contribution in [0.1, 0.15) is 24.0 Å². The molecule has 1 aliphatic carbocycles. The summed E-state index contributed by atoms with van der Waals surface area (Å²) in [5.41, 5.74) is 1.80. The van der Waals surface area contributed by atoms with Crippen molar-refractivity contribution in [1.82, 2.24) is 4.90 Å². The number of benzene rings is 2. The zero-order chi connectivity index (χ0) is 22.2. The molecule has 0 aliphatic heterocycles. The lowest BCUT2D eigenvalue weighted by Crippen LogP contribution is -2.31. The quantitative estimate of drug-likeness (QED) is 0.394. The summed E-state index contributed by atoms with van der Waals surface area (Å²) < 4.78 is 21.7. The van der Waals surface area contributed by atoms with Crippen LogP contribution in [0.5, 0.6) is 23.0 Å². The lowest BCUT2D eigenvalue weighted by molar-refractivity contribution is -0.127. The third-order valence-corrected chi connectivity index (χ3v) is 5.07. The van der Waals surface area contributed by atoms with Crippen LogP contribution < -0.4 is 18.9 Å². The van der Waals surface area contributed by atoms with Crippen molar-refractivity contribution in [2.45, 2.75) is 25.4 Å². The van der Waals surface area contributed by atoms with E-state index in [9.17, 15) is 4.79 Å². The molecule has 0 radical (unpaired) electrons. The fourth-order valence-corrected chi connectivity index (χ4v) is 3.26. The van der Waals surface area contributed by atoms with E-state index in [0.717, 1.165) is 29.7 Å². The first kappa shape index (κ1) is 22.3. The Kier molecular flexibility index (Phi) is 7.60. The minimum Gasteiger partial charge on any atom is -0.497 e. The SMILES string of the molecule is C=CCOc1ccc(C=CC(=O)N(Cc2ccc(OC)cc2OC)C2CC2)cc1OC. The molecule has 31 heavy (non-hydrogen) atoms. The molecule has 0 saturated heterocycles. The summed E-state index contributed by atoms with van der Waals surface area (Å²) in [4.78, 5) is 14.9. The smallest absolute Gasteiger partial charge is 0.247 e. The molecular formula is C25H29NO5. The molecule has 1 amide bonds. The van der Waals surface area contributed by atoms with Crippen LogP contribution in [0.15, 0.2) is 55.1 Å². The lowest BCUT2D eigenvalue weighted by Gasteiger charge is -2.22. The van der Waals surface area contributed by atoms with Crippen LogP contribution in [0.3, 0.4) is 0 Å². The number of ether oxygens (including phenoxy) is 4. The summed E-state index contributed by atoms with van der Waals surface area (Å²) in [6.45, 7) is 4.53. The van der Waals surface area contributed by atoms with Gasteiger partial charge in [-0.15, -0.1) is 0 Å². The molecule has 0 N–H and O–H groups in total. The molecule has 0 bridgehead atoms. The number of carbonyl (C=O) groups is 1. The summed E-state index contributed by atoms with van der Waals surface area (Å²) in [7, 11) is 4.83. The van der Waals surface area contributed by atoms with E-state index >= 15 is 0 Å². The van der Waals surface area contributed by atoms with E-state index in [-0.39, 0.29) is 11.9 Å². The minimum atomic E-state index is -0.0358. The molecule has 0 atom stereocenters. The number of methoxy groups -OCH3 is 3. The van der Waals surface area contributed by atoms with Crippen LogP contribution in [0.4, 0.5) is 0 Å². The van der Waals surface area contributed by atoms with Crippen molar-refractivity contribution < 1.29 is 23.7 Å². The normalized spacial score (nSPS) is 13.0. The van der Waals surface area contributed by atoms with E-state index in [1.54, 1.807) is 39.6 Å².